The van der Waals surface area contributed by atoms with Crippen molar-refractivity contribution < 1.29 is 28.9 Å². The fourth-order valence-corrected chi connectivity index (χ4v) is 5.27. The normalized spacial score (nSPS) is 13.7. The number of hydrogen-bond donors (Lipinski definition) is 1. The van der Waals surface area contributed by atoms with Gasteiger partial charge >= 0.3 is 5.97 Å². The topological polar surface area (TPSA) is 85.3 Å². The van der Waals surface area contributed by atoms with Gasteiger partial charge in [-0.05, 0) is 103 Å². The van der Waals surface area contributed by atoms with Gasteiger partial charge in [-0.3, -0.25) is 9.69 Å². The van der Waals surface area contributed by atoms with E-state index in [-0.39, 0.29) is 11.3 Å². The Hall–Kier alpha value is -4.36. The van der Waals surface area contributed by atoms with Crippen LogP contribution in [0.25, 0.3) is 21.9 Å². The average Bonchev–Trinajstić information content (AvgIpc) is 3.00. The Morgan fingerprint density at radius 1 is 0.775 bits per heavy atom. The van der Waals surface area contributed by atoms with Gasteiger partial charge in [-0.25, -0.2) is 4.79 Å². The van der Waals surface area contributed by atoms with Crippen LogP contribution >= 0.6 is 0 Å². The van der Waals surface area contributed by atoms with E-state index in [4.69, 9.17) is 14.2 Å². The van der Waals surface area contributed by atoms with Gasteiger partial charge in [-0.2, -0.15) is 0 Å². The number of rotatable bonds is 10. The summed E-state index contributed by atoms with van der Waals surface area (Å²) in [6, 6.07) is 21.3. The number of ketones is 1. The Morgan fingerprint density at radius 2 is 1.48 bits per heavy atom. The molecule has 1 aliphatic rings. The van der Waals surface area contributed by atoms with Crippen LogP contribution < -0.4 is 14.2 Å². The first kappa shape index (κ1) is 27.2. The fraction of sp³-hybridized carbons (Fsp3) is 0.273. The number of benzene rings is 4. The Labute approximate surface area is 233 Å². The van der Waals surface area contributed by atoms with Crippen LogP contribution in [0.3, 0.4) is 0 Å². The van der Waals surface area contributed by atoms with Crippen molar-refractivity contribution in [3.8, 4) is 28.4 Å². The summed E-state index contributed by atoms with van der Waals surface area (Å²) in [5, 5.41) is 11.1. The number of carboxylic acids is 1. The van der Waals surface area contributed by atoms with Crippen LogP contribution in [0.15, 0.2) is 72.8 Å². The summed E-state index contributed by atoms with van der Waals surface area (Å²) in [7, 11) is 3.09. The Balaban J connectivity index is 1.49. The smallest absolute Gasteiger partial charge is 0.335 e. The molecule has 7 nitrogen and oxygen atoms in total. The second kappa shape index (κ2) is 12.2. The highest BCUT2D eigenvalue weighted by atomic mass is 16.5. The highest BCUT2D eigenvalue weighted by Gasteiger charge is 2.22. The minimum Gasteiger partial charge on any atom is -0.497 e. The van der Waals surface area contributed by atoms with E-state index in [1.165, 1.54) is 38.5 Å². The number of piperidine rings is 1. The van der Waals surface area contributed by atoms with Gasteiger partial charge in [-0.15, -0.1) is 0 Å². The molecule has 7 heteroatoms. The van der Waals surface area contributed by atoms with Crippen molar-refractivity contribution in [1.82, 2.24) is 4.90 Å². The number of nitrogens with zero attached hydrogens (tertiary/aromatic N) is 1. The molecular weight excluding hydrogens is 506 g/mol. The molecule has 0 atom stereocenters. The molecule has 0 saturated carbocycles. The Bertz CT molecular complexity index is 1520. The highest BCUT2D eigenvalue weighted by molar-refractivity contribution is 6.20. The van der Waals surface area contributed by atoms with Gasteiger partial charge in [0.25, 0.3) is 0 Å². The molecule has 0 bridgehead atoms. The van der Waals surface area contributed by atoms with E-state index in [9.17, 15) is 14.7 Å². The number of carbonyl (C=O) groups is 2. The first-order valence-electron chi connectivity index (χ1n) is 13.5. The van der Waals surface area contributed by atoms with Crippen molar-refractivity contribution in [3.05, 3.63) is 89.5 Å². The van der Waals surface area contributed by atoms with Crippen LogP contribution in [0.4, 0.5) is 0 Å². The first-order chi connectivity index (χ1) is 19.5. The lowest BCUT2D eigenvalue weighted by atomic mass is 9.88. The van der Waals surface area contributed by atoms with Crippen molar-refractivity contribution in [3.63, 3.8) is 0 Å². The molecule has 5 rings (SSSR count). The van der Waals surface area contributed by atoms with Gasteiger partial charge in [-0.1, -0.05) is 18.6 Å². The summed E-state index contributed by atoms with van der Waals surface area (Å²) in [6.07, 6.45) is 3.80. The number of aromatic carboxylic acids is 1. The van der Waals surface area contributed by atoms with Crippen molar-refractivity contribution in [2.75, 3.05) is 40.5 Å². The summed E-state index contributed by atoms with van der Waals surface area (Å²) in [5.74, 6) is 0.578. The van der Waals surface area contributed by atoms with Crippen LogP contribution in [0.2, 0.25) is 0 Å². The van der Waals surface area contributed by atoms with Crippen molar-refractivity contribution in [1.29, 1.82) is 0 Å². The van der Waals surface area contributed by atoms with Crippen LogP contribution in [0.5, 0.6) is 17.2 Å². The van der Waals surface area contributed by atoms with Crippen LogP contribution in [0.1, 0.15) is 45.5 Å². The summed E-state index contributed by atoms with van der Waals surface area (Å²) in [4.78, 5) is 28.1. The summed E-state index contributed by atoms with van der Waals surface area (Å²) < 4.78 is 16.9. The van der Waals surface area contributed by atoms with E-state index in [0.717, 1.165) is 36.2 Å². The van der Waals surface area contributed by atoms with Gasteiger partial charge in [0.2, 0.25) is 0 Å². The van der Waals surface area contributed by atoms with E-state index in [1.54, 1.807) is 25.3 Å². The second-order valence-electron chi connectivity index (χ2n) is 9.90. The van der Waals surface area contributed by atoms with E-state index in [1.807, 2.05) is 42.5 Å². The number of fused-ring (bicyclic) bond motifs is 1. The second-order valence-corrected chi connectivity index (χ2v) is 9.90. The molecule has 0 aliphatic carbocycles. The summed E-state index contributed by atoms with van der Waals surface area (Å²) in [5.41, 5.74) is 2.41. The van der Waals surface area contributed by atoms with E-state index in [2.05, 4.69) is 4.90 Å². The number of carboxylic acid groups (broad SMARTS) is 1. The summed E-state index contributed by atoms with van der Waals surface area (Å²) in [6.45, 7) is 3.75. The molecule has 1 saturated heterocycles. The standard InChI is InChI=1S/C33H33NO6/c1-38-26-12-15-27-23(20-26)8-14-29(28-13-9-24(33(36)37)21-30(28)39-2)31(27)32(35)22-6-10-25(11-7-22)40-19-18-34-16-4-3-5-17-34/h6-15,20-21H,3-5,16-19H2,1-2H3,(H,36,37). The third kappa shape index (κ3) is 5.80. The average molecular weight is 540 g/mol. The van der Waals surface area contributed by atoms with Crippen LogP contribution in [-0.2, 0) is 0 Å². The molecule has 0 aromatic heterocycles. The molecule has 1 fully saturated rings. The summed E-state index contributed by atoms with van der Waals surface area (Å²) >= 11 is 0. The van der Waals surface area contributed by atoms with Crippen molar-refractivity contribution in [2.24, 2.45) is 0 Å². The lowest BCUT2D eigenvalue weighted by Crippen LogP contribution is -2.33. The minimum atomic E-state index is -1.05. The molecule has 1 heterocycles. The van der Waals surface area contributed by atoms with Crippen LogP contribution in [0, 0.1) is 0 Å². The molecule has 1 N–H and O–H groups in total. The predicted octanol–water partition coefficient (Wildman–Crippen LogP) is 6.32. The quantitative estimate of drug-likeness (QED) is 0.236. The molecular formula is C33H33NO6. The molecule has 0 amide bonds. The molecule has 40 heavy (non-hydrogen) atoms. The largest absolute Gasteiger partial charge is 0.497 e. The van der Waals surface area contributed by atoms with Gasteiger partial charge in [0.1, 0.15) is 23.9 Å². The monoisotopic (exact) mass is 539 g/mol. The lowest BCUT2D eigenvalue weighted by Gasteiger charge is -2.26. The third-order valence-electron chi connectivity index (χ3n) is 7.43. The predicted molar refractivity (Wildman–Crippen MR) is 155 cm³/mol. The van der Waals surface area contributed by atoms with Crippen molar-refractivity contribution >= 4 is 22.5 Å². The SMILES string of the molecule is COc1ccc2c(C(=O)c3ccc(OCCN4CCCCC4)cc3)c(-c3ccc(C(=O)O)cc3OC)ccc2c1. The molecule has 0 spiro atoms. The van der Waals surface area contributed by atoms with E-state index in [0.29, 0.717) is 40.4 Å². The number of ether oxygens (including phenoxy) is 3. The fourth-order valence-electron chi connectivity index (χ4n) is 5.27. The molecule has 0 unspecified atom stereocenters. The van der Waals surface area contributed by atoms with Crippen LogP contribution in [-0.4, -0.2) is 62.2 Å². The Morgan fingerprint density at radius 3 is 2.17 bits per heavy atom. The molecule has 0 radical (unpaired) electrons. The number of methoxy groups -OCH3 is 2. The highest BCUT2D eigenvalue weighted by Crippen LogP contribution is 2.38. The maximum atomic E-state index is 14.1. The maximum Gasteiger partial charge on any atom is 0.335 e. The maximum absolute atomic E-state index is 14.1. The Kier molecular flexibility index (Phi) is 8.31. The van der Waals surface area contributed by atoms with Gasteiger partial charge in [0, 0.05) is 23.2 Å². The molecule has 1 aliphatic heterocycles. The molecule has 4 aromatic carbocycles. The van der Waals surface area contributed by atoms with Gasteiger partial charge in [0.05, 0.1) is 19.8 Å². The number of hydrogen-bond acceptors (Lipinski definition) is 6. The minimum absolute atomic E-state index is 0.106. The molecule has 206 valence electrons. The number of carbonyl (C=O) groups excluding carboxylic acids is 1. The van der Waals surface area contributed by atoms with E-state index >= 15 is 0 Å². The van der Waals surface area contributed by atoms with E-state index < -0.39 is 5.97 Å². The zero-order valence-corrected chi connectivity index (χ0v) is 22.8. The van der Waals surface area contributed by atoms with Crippen molar-refractivity contribution in [2.45, 2.75) is 19.3 Å². The number of likely N-dealkylation sites (tertiary alicyclic amines) is 1. The third-order valence-corrected chi connectivity index (χ3v) is 7.43. The van der Waals surface area contributed by atoms with Gasteiger partial charge in [0.15, 0.2) is 5.78 Å². The molecule has 4 aromatic rings. The first-order valence-corrected chi connectivity index (χ1v) is 13.5. The zero-order valence-electron chi connectivity index (χ0n) is 22.8. The zero-order chi connectivity index (χ0) is 28.1. The lowest BCUT2D eigenvalue weighted by molar-refractivity contribution is 0.0696. The van der Waals surface area contributed by atoms with Gasteiger partial charge < -0.3 is 19.3 Å².